The van der Waals surface area contributed by atoms with E-state index >= 15 is 0 Å². The fraction of sp³-hybridized carbons (Fsp3) is 0.312. The maximum atomic E-state index is 12.6. The van der Waals surface area contributed by atoms with E-state index in [0.717, 1.165) is 23.6 Å². The third kappa shape index (κ3) is 3.12. The zero-order valence-corrected chi connectivity index (χ0v) is 11.4. The molecule has 0 aromatic heterocycles. The Morgan fingerprint density at radius 2 is 1.90 bits per heavy atom. The van der Waals surface area contributed by atoms with E-state index in [1.54, 1.807) is 6.07 Å². The van der Waals surface area contributed by atoms with Gasteiger partial charge in [0.25, 0.3) is 6.43 Å². The maximum Gasteiger partial charge on any atom is 0.322 e. The molecule has 2 aromatic carbocycles. The zero-order valence-electron chi connectivity index (χ0n) is 11.4. The molecule has 1 saturated carbocycles. The van der Waals surface area contributed by atoms with Crippen LogP contribution in [0.25, 0.3) is 10.8 Å². The Morgan fingerprint density at radius 3 is 2.62 bits per heavy atom. The molecule has 1 aliphatic carbocycles. The summed E-state index contributed by atoms with van der Waals surface area (Å²) in [5.74, 6) is 0. The monoisotopic (exact) mass is 290 g/mol. The van der Waals surface area contributed by atoms with E-state index < -0.39 is 19.0 Å². The van der Waals surface area contributed by atoms with E-state index in [-0.39, 0.29) is 6.04 Å². The smallest absolute Gasteiger partial charge is 0.316 e. The number of carbonyl (C=O) groups excluding carboxylic acids is 1. The van der Waals surface area contributed by atoms with E-state index in [1.165, 1.54) is 4.90 Å². The number of nitrogens with one attached hydrogen (secondary N) is 1. The van der Waals surface area contributed by atoms with Gasteiger partial charge in [0.2, 0.25) is 0 Å². The summed E-state index contributed by atoms with van der Waals surface area (Å²) in [7, 11) is 0. The number of amides is 2. The molecule has 1 fully saturated rings. The first kappa shape index (κ1) is 13.8. The molecule has 1 N–H and O–H groups in total. The summed E-state index contributed by atoms with van der Waals surface area (Å²) in [6.45, 7) is -0.513. The summed E-state index contributed by atoms with van der Waals surface area (Å²) >= 11 is 0. The second kappa shape index (κ2) is 5.68. The van der Waals surface area contributed by atoms with Gasteiger partial charge in [-0.3, -0.25) is 0 Å². The van der Waals surface area contributed by atoms with Crippen LogP contribution in [0.3, 0.4) is 0 Å². The van der Waals surface area contributed by atoms with Crippen molar-refractivity contribution in [3.05, 3.63) is 42.5 Å². The number of rotatable bonds is 4. The van der Waals surface area contributed by atoms with Crippen molar-refractivity contribution in [2.45, 2.75) is 25.3 Å². The fourth-order valence-corrected chi connectivity index (χ4v) is 2.45. The van der Waals surface area contributed by atoms with E-state index in [9.17, 15) is 13.6 Å². The number of alkyl halides is 2. The van der Waals surface area contributed by atoms with Gasteiger partial charge in [0, 0.05) is 11.4 Å². The molecule has 0 saturated heterocycles. The largest absolute Gasteiger partial charge is 0.322 e. The Hall–Kier alpha value is -2.17. The molecule has 3 nitrogen and oxygen atoms in total. The summed E-state index contributed by atoms with van der Waals surface area (Å²) in [5.41, 5.74) is 0.651. The summed E-state index contributed by atoms with van der Waals surface area (Å²) in [5, 5.41) is 4.67. The highest BCUT2D eigenvalue weighted by molar-refractivity contribution is 6.01. The SMILES string of the molecule is O=C(Nc1cccc2ccccc12)N(CC(F)F)C1CC1. The van der Waals surface area contributed by atoms with Gasteiger partial charge in [0.05, 0.1) is 12.2 Å². The predicted molar refractivity (Wildman–Crippen MR) is 78.7 cm³/mol. The van der Waals surface area contributed by atoms with E-state index in [2.05, 4.69) is 5.32 Å². The summed E-state index contributed by atoms with van der Waals surface area (Å²) in [6, 6.07) is 12.7. The molecule has 2 aromatic rings. The van der Waals surface area contributed by atoms with Gasteiger partial charge in [-0.15, -0.1) is 0 Å². The van der Waals surface area contributed by atoms with Crippen LogP contribution in [0, 0.1) is 0 Å². The van der Waals surface area contributed by atoms with Crippen molar-refractivity contribution in [1.82, 2.24) is 4.90 Å². The number of nitrogens with zero attached hydrogens (tertiary/aromatic N) is 1. The summed E-state index contributed by atoms with van der Waals surface area (Å²) in [4.78, 5) is 13.5. The maximum absolute atomic E-state index is 12.6. The van der Waals surface area contributed by atoms with Gasteiger partial charge in [-0.05, 0) is 24.3 Å². The second-order valence-corrected chi connectivity index (χ2v) is 5.23. The van der Waals surface area contributed by atoms with Crippen molar-refractivity contribution in [2.75, 3.05) is 11.9 Å². The Morgan fingerprint density at radius 1 is 1.19 bits per heavy atom. The molecular weight excluding hydrogens is 274 g/mol. The van der Waals surface area contributed by atoms with Gasteiger partial charge >= 0.3 is 6.03 Å². The van der Waals surface area contributed by atoms with Gasteiger partial charge in [-0.2, -0.15) is 0 Å². The number of hydrogen-bond acceptors (Lipinski definition) is 1. The Kier molecular flexibility index (Phi) is 3.73. The van der Waals surface area contributed by atoms with Crippen LogP contribution >= 0.6 is 0 Å². The molecule has 0 spiro atoms. The molecule has 21 heavy (non-hydrogen) atoms. The predicted octanol–water partition coefficient (Wildman–Crippen LogP) is 4.10. The van der Waals surface area contributed by atoms with Crippen LogP contribution in [-0.2, 0) is 0 Å². The lowest BCUT2D eigenvalue weighted by molar-refractivity contribution is 0.0994. The molecule has 3 rings (SSSR count). The van der Waals surface area contributed by atoms with Gasteiger partial charge in [0.1, 0.15) is 0 Å². The minimum absolute atomic E-state index is 0.0472. The zero-order chi connectivity index (χ0) is 14.8. The number of benzene rings is 2. The molecule has 0 atom stereocenters. The van der Waals surface area contributed by atoms with Gasteiger partial charge < -0.3 is 10.2 Å². The quantitative estimate of drug-likeness (QED) is 0.903. The molecule has 0 heterocycles. The molecule has 110 valence electrons. The molecule has 0 bridgehead atoms. The number of hydrogen-bond donors (Lipinski definition) is 1. The number of anilines is 1. The van der Waals surface area contributed by atoms with Crippen molar-refractivity contribution in [3.8, 4) is 0 Å². The Bertz CT molecular complexity index is 650. The standard InChI is InChI=1S/C16H16F2N2O/c17-15(18)10-20(12-8-9-12)16(21)19-14-7-3-5-11-4-1-2-6-13(11)14/h1-7,12,15H,8-10H2,(H,19,21). The fourth-order valence-electron chi connectivity index (χ4n) is 2.45. The number of carbonyl (C=O) groups is 1. The molecule has 5 heteroatoms. The van der Waals surface area contributed by atoms with Crippen LogP contribution in [0.1, 0.15) is 12.8 Å². The van der Waals surface area contributed by atoms with Crippen molar-refractivity contribution in [1.29, 1.82) is 0 Å². The topological polar surface area (TPSA) is 32.3 Å². The minimum atomic E-state index is -2.51. The van der Waals surface area contributed by atoms with Crippen LogP contribution in [0.5, 0.6) is 0 Å². The number of urea groups is 1. The summed E-state index contributed by atoms with van der Waals surface area (Å²) in [6.07, 6.45) is -0.908. The van der Waals surface area contributed by atoms with Crippen molar-refractivity contribution < 1.29 is 13.6 Å². The van der Waals surface area contributed by atoms with E-state index in [1.807, 2.05) is 36.4 Å². The van der Waals surface area contributed by atoms with Crippen molar-refractivity contribution >= 4 is 22.5 Å². The van der Waals surface area contributed by atoms with E-state index in [0.29, 0.717) is 5.69 Å². The first-order valence-corrected chi connectivity index (χ1v) is 6.98. The van der Waals surface area contributed by atoms with Crippen molar-refractivity contribution in [2.24, 2.45) is 0 Å². The lowest BCUT2D eigenvalue weighted by atomic mass is 10.1. The lowest BCUT2D eigenvalue weighted by Crippen LogP contribution is -2.40. The molecular formula is C16H16F2N2O. The first-order valence-electron chi connectivity index (χ1n) is 6.98. The van der Waals surface area contributed by atoms with Crippen LogP contribution in [0.15, 0.2) is 42.5 Å². The molecule has 1 aliphatic rings. The first-order chi connectivity index (χ1) is 10.1. The molecule has 0 radical (unpaired) electrons. The summed E-state index contributed by atoms with van der Waals surface area (Å²) < 4.78 is 25.2. The highest BCUT2D eigenvalue weighted by Gasteiger charge is 2.34. The average molecular weight is 290 g/mol. The Labute approximate surface area is 121 Å². The highest BCUT2D eigenvalue weighted by atomic mass is 19.3. The van der Waals surface area contributed by atoms with Crippen LogP contribution in [0.2, 0.25) is 0 Å². The average Bonchev–Trinajstić information content (AvgIpc) is 3.29. The molecule has 0 unspecified atom stereocenters. The lowest BCUT2D eigenvalue weighted by Gasteiger charge is -2.22. The highest BCUT2D eigenvalue weighted by Crippen LogP contribution is 2.29. The number of halogens is 2. The van der Waals surface area contributed by atoms with Crippen LogP contribution < -0.4 is 5.32 Å². The molecule has 0 aliphatic heterocycles. The minimum Gasteiger partial charge on any atom is -0.316 e. The normalized spacial score (nSPS) is 14.4. The molecule has 2 amide bonds. The van der Waals surface area contributed by atoms with Gasteiger partial charge in [-0.1, -0.05) is 36.4 Å². The Balaban J connectivity index is 1.82. The van der Waals surface area contributed by atoms with Crippen LogP contribution in [-0.4, -0.2) is 29.9 Å². The third-order valence-corrected chi connectivity index (χ3v) is 3.61. The third-order valence-electron chi connectivity index (χ3n) is 3.61. The number of fused-ring (bicyclic) bond motifs is 1. The second-order valence-electron chi connectivity index (χ2n) is 5.23. The van der Waals surface area contributed by atoms with E-state index in [4.69, 9.17) is 0 Å². The van der Waals surface area contributed by atoms with Crippen LogP contribution in [0.4, 0.5) is 19.3 Å². The van der Waals surface area contributed by atoms with Gasteiger partial charge in [-0.25, -0.2) is 13.6 Å². The van der Waals surface area contributed by atoms with Gasteiger partial charge in [0.15, 0.2) is 0 Å². The van der Waals surface area contributed by atoms with Crippen molar-refractivity contribution in [3.63, 3.8) is 0 Å².